The number of hydrogen-bond acceptors (Lipinski definition) is 6. The van der Waals surface area contributed by atoms with Crippen molar-refractivity contribution in [3.8, 4) is 11.8 Å². The first kappa shape index (κ1) is 20.6. The van der Waals surface area contributed by atoms with Crippen LogP contribution in [0, 0.1) is 11.3 Å². The second-order valence-electron chi connectivity index (χ2n) is 7.91. The first-order valence-corrected chi connectivity index (χ1v) is 11.4. The number of hydrogen-bond donors (Lipinski definition) is 2. The van der Waals surface area contributed by atoms with E-state index in [9.17, 15) is 13.2 Å². The largest absolute Gasteiger partial charge is 0.481 e. The summed E-state index contributed by atoms with van der Waals surface area (Å²) in [6.45, 7) is 0. The Hall–Kier alpha value is -2.65. The molecule has 1 heterocycles. The lowest BCUT2D eigenvalue weighted by molar-refractivity contribution is -0.118. The molecular formula is C21H25N3O5S. The summed E-state index contributed by atoms with van der Waals surface area (Å²) in [5.74, 6) is 0.468. The molecule has 1 aromatic carbocycles. The van der Waals surface area contributed by atoms with Gasteiger partial charge >= 0.3 is 0 Å². The molecule has 30 heavy (non-hydrogen) atoms. The Morgan fingerprint density at radius 2 is 1.77 bits per heavy atom. The molecule has 160 valence electrons. The number of methoxy groups -OCH3 is 2. The van der Waals surface area contributed by atoms with Crippen LogP contribution in [0.1, 0.15) is 37.2 Å². The highest BCUT2D eigenvalue weighted by Gasteiger charge is 2.68. The number of rotatable bonds is 6. The number of carbonyl (C=O) groups excluding carboxylic acids is 1. The molecule has 9 heteroatoms. The molecule has 3 N–H and O–H groups in total. The number of ether oxygens (including phenoxy) is 2. The lowest BCUT2D eigenvalue weighted by Crippen LogP contribution is -2.18. The molecule has 4 rings (SSSR count). The Balaban J connectivity index is 1.59. The summed E-state index contributed by atoms with van der Waals surface area (Å²) in [6, 6.07) is 9.94. The number of nitrogens with two attached hydrogens (primary N) is 1. The van der Waals surface area contributed by atoms with Gasteiger partial charge in [0.15, 0.2) is 0 Å². The predicted molar refractivity (Wildman–Crippen MR) is 111 cm³/mol. The SMILES string of the molecule is COc1ccc(NC(=O)C2[C@@H](c3ccc(S(N)(=O)=O)cc3)C23CCCC3)c(OC)n1. The van der Waals surface area contributed by atoms with E-state index in [-0.39, 0.29) is 33.9 Å². The van der Waals surface area contributed by atoms with Crippen molar-refractivity contribution < 1.29 is 22.7 Å². The highest BCUT2D eigenvalue weighted by atomic mass is 32.2. The highest BCUT2D eigenvalue weighted by molar-refractivity contribution is 7.89. The van der Waals surface area contributed by atoms with Crippen LogP contribution in [0.2, 0.25) is 0 Å². The Labute approximate surface area is 175 Å². The molecule has 0 bridgehead atoms. The summed E-state index contributed by atoms with van der Waals surface area (Å²) in [6.07, 6.45) is 4.13. The second-order valence-corrected chi connectivity index (χ2v) is 9.47. The van der Waals surface area contributed by atoms with Crippen LogP contribution in [0.4, 0.5) is 5.69 Å². The van der Waals surface area contributed by atoms with Crippen LogP contribution in [-0.4, -0.2) is 33.5 Å². The Morgan fingerprint density at radius 3 is 2.33 bits per heavy atom. The molecule has 1 spiro atoms. The van der Waals surface area contributed by atoms with Crippen molar-refractivity contribution in [1.29, 1.82) is 0 Å². The molecule has 2 saturated carbocycles. The van der Waals surface area contributed by atoms with Gasteiger partial charge in [0.1, 0.15) is 5.69 Å². The average molecular weight is 432 g/mol. The van der Waals surface area contributed by atoms with Crippen molar-refractivity contribution in [2.24, 2.45) is 16.5 Å². The maximum atomic E-state index is 13.2. The van der Waals surface area contributed by atoms with Gasteiger partial charge in [0, 0.05) is 12.0 Å². The average Bonchev–Trinajstić information content (AvgIpc) is 3.11. The summed E-state index contributed by atoms with van der Waals surface area (Å²) >= 11 is 0. The van der Waals surface area contributed by atoms with Gasteiger partial charge in [-0.1, -0.05) is 25.0 Å². The number of primary sulfonamides is 1. The third kappa shape index (κ3) is 3.52. The molecule has 1 unspecified atom stereocenters. The summed E-state index contributed by atoms with van der Waals surface area (Å²) in [5, 5.41) is 8.17. The Morgan fingerprint density at radius 1 is 1.10 bits per heavy atom. The fourth-order valence-corrected chi connectivity index (χ4v) is 5.46. The van der Waals surface area contributed by atoms with E-state index in [2.05, 4.69) is 10.3 Å². The van der Waals surface area contributed by atoms with E-state index in [1.807, 2.05) is 0 Å². The van der Waals surface area contributed by atoms with Gasteiger partial charge in [0.05, 0.1) is 25.0 Å². The van der Waals surface area contributed by atoms with Gasteiger partial charge in [-0.2, -0.15) is 4.98 Å². The predicted octanol–water partition coefficient (Wildman–Crippen LogP) is 2.66. The van der Waals surface area contributed by atoms with Crippen molar-refractivity contribution >= 4 is 21.6 Å². The topological polar surface area (TPSA) is 121 Å². The lowest BCUT2D eigenvalue weighted by Gasteiger charge is -2.12. The molecule has 1 amide bonds. The fraction of sp³-hybridized carbons (Fsp3) is 0.429. The molecule has 2 aromatic rings. The molecule has 0 radical (unpaired) electrons. The Kier molecular flexibility index (Phi) is 5.19. The van der Waals surface area contributed by atoms with E-state index >= 15 is 0 Å². The summed E-state index contributed by atoms with van der Waals surface area (Å²) in [5.41, 5.74) is 1.37. The molecular weight excluding hydrogens is 406 g/mol. The first-order valence-electron chi connectivity index (χ1n) is 9.83. The fourth-order valence-electron chi connectivity index (χ4n) is 4.95. The quantitative estimate of drug-likeness (QED) is 0.725. The van der Waals surface area contributed by atoms with Crippen LogP contribution in [0.15, 0.2) is 41.3 Å². The van der Waals surface area contributed by atoms with Crippen LogP contribution < -0.4 is 19.9 Å². The number of nitrogens with zero attached hydrogens (tertiary/aromatic N) is 1. The Bertz CT molecular complexity index is 1060. The normalized spacial score (nSPS) is 22.0. The summed E-state index contributed by atoms with van der Waals surface area (Å²) < 4.78 is 33.5. The van der Waals surface area contributed by atoms with Gasteiger partial charge in [-0.15, -0.1) is 0 Å². The molecule has 2 atom stereocenters. The van der Waals surface area contributed by atoms with Gasteiger partial charge in [0.25, 0.3) is 0 Å². The van der Waals surface area contributed by atoms with Crippen molar-refractivity contribution in [2.45, 2.75) is 36.5 Å². The maximum absolute atomic E-state index is 13.2. The number of nitrogens with one attached hydrogen (secondary N) is 1. The minimum Gasteiger partial charge on any atom is -0.481 e. The summed E-state index contributed by atoms with van der Waals surface area (Å²) in [7, 11) is -0.744. The van der Waals surface area contributed by atoms with Gasteiger partial charge < -0.3 is 14.8 Å². The number of anilines is 1. The molecule has 2 fully saturated rings. The van der Waals surface area contributed by atoms with Crippen LogP contribution >= 0.6 is 0 Å². The maximum Gasteiger partial charge on any atom is 0.240 e. The molecule has 2 aliphatic carbocycles. The number of carbonyl (C=O) groups is 1. The minimum absolute atomic E-state index is 0.0479. The zero-order chi connectivity index (χ0) is 21.5. The van der Waals surface area contributed by atoms with E-state index in [0.717, 1.165) is 31.2 Å². The zero-order valence-electron chi connectivity index (χ0n) is 16.9. The summed E-state index contributed by atoms with van der Waals surface area (Å²) in [4.78, 5) is 17.5. The minimum atomic E-state index is -3.75. The molecule has 2 aliphatic rings. The van der Waals surface area contributed by atoms with Crippen molar-refractivity contribution in [3.63, 3.8) is 0 Å². The number of pyridine rings is 1. The standard InChI is InChI=1S/C21H25N3O5S/c1-28-16-10-9-15(20(24-16)29-2)23-19(25)18-17(21(18)11-3-4-12-21)13-5-7-14(8-6-13)30(22,26)27/h5-10,17-18H,3-4,11-12H2,1-2H3,(H,23,25)(H2,22,26,27)/t17-,18?/m1/s1. The lowest BCUT2D eigenvalue weighted by atomic mass is 9.97. The molecule has 1 aromatic heterocycles. The van der Waals surface area contributed by atoms with Crippen LogP contribution in [0.3, 0.4) is 0 Å². The molecule has 8 nitrogen and oxygen atoms in total. The van der Waals surface area contributed by atoms with Crippen molar-refractivity contribution in [1.82, 2.24) is 4.98 Å². The zero-order valence-corrected chi connectivity index (χ0v) is 17.7. The second kappa shape index (κ2) is 7.55. The number of amides is 1. The van der Waals surface area contributed by atoms with Gasteiger partial charge in [-0.3, -0.25) is 4.79 Å². The third-order valence-electron chi connectivity index (χ3n) is 6.34. The highest BCUT2D eigenvalue weighted by Crippen LogP contribution is 2.72. The van der Waals surface area contributed by atoms with Crippen LogP contribution in [0.5, 0.6) is 11.8 Å². The first-order chi connectivity index (χ1) is 14.3. The van der Waals surface area contributed by atoms with Crippen LogP contribution in [-0.2, 0) is 14.8 Å². The van der Waals surface area contributed by atoms with E-state index in [1.54, 1.807) is 24.3 Å². The van der Waals surface area contributed by atoms with E-state index in [1.165, 1.54) is 26.4 Å². The van der Waals surface area contributed by atoms with Crippen molar-refractivity contribution in [2.75, 3.05) is 19.5 Å². The van der Waals surface area contributed by atoms with Crippen LogP contribution in [0.25, 0.3) is 0 Å². The van der Waals surface area contributed by atoms with Gasteiger partial charge in [-0.05, 0) is 42.0 Å². The number of benzene rings is 1. The van der Waals surface area contributed by atoms with E-state index < -0.39 is 10.0 Å². The van der Waals surface area contributed by atoms with Gasteiger partial charge in [-0.25, -0.2) is 13.6 Å². The number of sulfonamides is 1. The number of aromatic nitrogens is 1. The van der Waals surface area contributed by atoms with E-state index in [4.69, 9.17) is 14.6 Å². The monoisotopic (exact) mass is 431 g/mol. The van der Waals surface area contributed by atoms with E-state index in [0.29, 0.717) is 11.6 Å². The molecule has 0 aliphatic heterocycles. The third-order valence-corrected chi connectivity index (χ3v) is 7.27. The van der Waals surface area contributed by atoms with Crippen molar-refractivity contribution in [3.05, 3.63) is 42.0 Å². The smallest absolute Gasteiger partial charge is 0.240 e. The van der Waals surface area contributed by atoms with Gasteiger partial charge in [0.2, 0.25) is 27.7 Å². The molecule has 0 saturated heterocycles.